The molecule has 1 aliphatic rings. The van der Waals surface area contributed by atoms with E-state index in [4.69, 9.17) is 5.73 Å². The highest BCUT2D eigenvalue weighted by Gasteiger charge is 2.37. The molecule has 0 fully saturated rings. The van der Waals surface area contributed by atoms with Crippen LogP contribution in [0, 0.1) is 0 Å². The zero-order valence-electron chi connectivity index (χ0n) is 23.0. The van der Waals surface area contributed by atoms with Crippen LogP contribution in [0.15, 0.2) is 97.1 Å². The van der Waals surface area contributed by atoms with E-state index in [1.807, 2.05) is 66.7 Å². The van der Waals surface area contributed by atoms with Gasteiger partial charge in [0.15, 0.2) is 5.78 Å². The van der Waals surface area contributed by atoms with E-state index < -0.39 is 29.7 Å². The number of hydrogen-bond donors (Lipinski definition) is 2. The van der Waals surface area contributed by atoms with Crippen LogP contribution in [0.4, 0.5) is 11.4 Å². The summed E-state index contributed by atoms with van der Waals surface area (Å²) in [6.45, 7) is 3.29. The van der Waals surface area contributed by atoms with Crippen LogP contribution in [-0.2, 0) is 14.4 Å². The summed E-state index contributed by atoms with van der Waals surface area (Å²) in [5.41, 5.74) is 11.9. The second-order valence-electron chi connectivity index (χ2n) is 10.2. The molecule has 3 N–H and O–H groups in total. The Balaban J connectivity index is 1.26. The number of rotatable bonds is 7. The molecule has 1 unspecified atom stereocenters. The number of nitrogens with one attached hydrogen (secondary N) is 1. The van der Waals surface area contributed by atoms with E-state index in [0.29, 0.717) is 22.5 Å². The molecule has 7 nitrogen and oxygen atoms in total. The van der Waals surface area contributed by atoms with Gasteiger partial charge in [0.25, 0.3) is 5.91 Å². The first kappa shape index (κ1) is 27.5. The van der Waals surface area contributed by atoms with Crippen molar-refractivity contribution in [3.63, 3.8) is 0 Å². The molecule has 0 bridgehead atoms. The topological polar surface area (TPSA) is 110 Å². The molecule has 41 heavy (non-hydrogen) atoms. The Morgan fingerprint density at radius 3 is 2.22 bits per heavy atom. The molecule has 3 amide bonds. The van der Waals surface area contributed by atoms with Gasteiger partial charge in [0.2, 0.25) is 11.8 Å². The summed E-state index contributed by atoms with van der Waals surface area (Å²) in [4.78, 5) is 53.9. The van der Waals surface area contributed by atoms with Gasteiger partial charge in [-0.3, -0.25) is 19.2 Å². The maximum Gasteiger partial charge on any atom is 0.256 e. The van der Waals surface area contributed by atoms with E-state index in [-0.39, 0.29) is 18.6 Å². The van der Waals surface area contributed by atoms with E-state index in [0.717, 1.165) is 27.2 Å². The minimum absolute atomic E-state index is 0.00815. The van der Waals surface area contributed by atoms with Crippen molar-refractivity contribution in [1.29, 1.82) is 0 Å². The van der Waals surface area contributed by atoms with Crippen molar-refractivity contribution in [1.82, 2.24) is 5.32 Å². The summed E-state index contributed by atoms with van der Waals surface area (Å²) in [5, 5.41) is 2.67. The van der Waals surface area contributed by atoms with Gasteiger partial charge in [-0.1, -0.05) is 84.9 Å². The number of benzene rings is 4. The molecule has 0 radical (unpaired) electrons. The highest BCUT2D eigenvalue weighted by atomic mass is 16.2. The highest BCUT2D eigenvalue weighted by molar-refractivity contribution is 6.22. The number of anilines is 2. The maximum atomic E-state index is 13.7. The van der Waals surface area contributed by atoms with E-state index in [1.54, 1.807) is 37.3 Å². The van der Waals surface area contributed by atoms with E-state index in [2.05, 4.69) is 5.32 Å². The van der Waals surface area contributed by atoms with Crippen LogP contribution in [0.2, 0.25) is 0 Å². The zero-order chi connectivity index (χ0) is 29.1. The molecule has 0 spiro atoms. The van der Waals surface area contributed by atoms with Gasteiger partial charge in [-0.2, -0.15) is 0 Å². The molecule has 0 aromatic heterocycles. The molecule has 206 valence electrons. The minimum Gasteiger partial charge on any atom is -0.398 e. The number of fused-ring (bicyclic) bond motifs is 3. The Hall–Kier alpha value is -5.04. The minimum atomic E-state index is -1.01. The Labute approximate surface area is 239 Å². The van der Waals surface area contributed by atoms with Crippen LogP contribution in [-0.4, -0.2) is 29.5 Å². The average molecular weight is 546 g/mol. The third-order valence-electron chi connectivity index (χ3n) is 7.46. The predicted molar refractivity (Wildman–Crippen MR) is 160 cm³/mol. The lowest BCUT2D eigenvalue weighted by Crippen LogP contribution is -2.50. The monoisotopic (exact) mass is 545 g/mol. The summed E-state index contributed by atoms with van der Waals surface area (Å²) in [7, 11) is 0. The fraction of sp³-hybridized carbons (Fsp3) is 0.176. The van der Waals surface area contributed by atoms with Gasteiger partial charge in [-0.15, -0.1) is 0 Å². The first-order valence-electron chi connectivity index (χ1n) is 13.6. The molecule has 5 rings (SSSR count). The van der Waals surface area contributed by atoms with Crippen LogP contribution in [0.1, 0.15) is 48.5 Å². The Morgan fingerprint density at radius 1 is 0.829 bits per heavy atom. The smallest absolute Gasteiger partial charge is 0.256 e. The molecule has 1 heterocycles. The molecule has 0 saturated carbocycles. The number of nitrogen functional groups attached to an aromatic ring is 1. The second kappa shape index (κ2) is 11.6. The van der Waals surface area contributed by atoms with Crippen LogP contribution in [0.3, 0.4) is 0 Å². The lowest BCUT2D eigenvalue weighted by Gasteiger charge is -2.26. The number of hydrogen-bond acceptors (Lipinski definition) is 5. The summed E-state index contributed by atoms with van der Waals surface area (Å²) in [6.07, 6.45) is -0.0952. The van der Waals surface area contributed by atoms with Crippen molar-refractivity contribution >= 4 is 34.9 Å². The van der Waals surface area contributed by atoms with Crippen molar-refractivity contribution in [2.45, 2.75) is 38.6 Å². The lowest BCUT2D eigenvalue weighted by molar-refractivity contribution is -0.131. The van der Waals surface area contributed by atoms with E-state index >= 15 is 0 Å². The Kier molecular flexibility index (Phi) is 7.79. The molecular formula is C34H31N3O4. The molecule has 0 saturated heterocycles. The lowest BCUT2D eigenvalue weighted by atomic mass is 9.92. The predicted octanol–water partition coefficient (Wildman–Crippen LogP) is 5.75. The molecule has 4 aromatic rings. The van der Waals surface area contributed by atoms with Crippen LogP contribution >= 0.6 is 0 Å². The van der Waals surface area contributed by atoms with Crippen molar-refractivity contribution < 1.29 is 19.2 Å². The van der Waals surface area contributed by atoms with Gasteiger partial charge in [0.1, 0.15) is 6.04 Å². The van der Waals surface area contributed by atoms with Crippen molar-refractivity contribution in [2.24, 2.45) is 0 Å². The number of nitrogens with two attached hydrogens (primary N) is 1. The molecule has 2 atom stereocenters. The van der Waals surface area contributed by atoms with Gasteiger partial charge >= 0.3 is 0 Å². The second-order valence-corrected chi connectivity index (χ2v) is 10.2. The van der Waals surface area contributed by atoms with E-state index in [1.165, 1.54) is 6.92 Å². The SMILES string of the molecule is CC1C(=O)N(C(=O)[C@H](C)NC(=O)CCC(=O)c2ccc(-c3ccccc3)cc2)c2cccc(N)c2-c2ccccc21. The van der Waals surface area contributed by atoms with Gasteiger partial charge in [0, 0.05) is 29.7 Å². The van der Waals surface area contributed by atoms with E-state index in [9.17, 15) is 19.2 Å². The normalized spacial score (nSPS) is 14.8. The number of Topliss-reactive ketones (excluding diaryl/α,β-unsaturated/α-hetero) is 1. The fourth-order valence-electron chi connectivity index (χ4n) is 5.23. The van der Waals surface area contributed by atoms with Crippen molar-refractivity contribution in [3.8, 4) is 22.3 Å². The number of ketones is 1. The number of carbonyl (C=O) groups is 4. The highest BCUT2D eigenvalue weighted by Crippen LogP contribution is 2.44. The third kappa shape index (κ3) is 5.52. The van der Waals surface area contributed by atoms with Crippen LogP contribution in [0.5, 0.6) is 0 Å². The fourth-order valence-corrected chi connectivity index (χ4v) is 5.23. The third-order valence-corrected chi connectivity index (χ3v) is 7.46. The zero-order valence-corrected chi connectivity index (χ0v) is 23.0. The molecule has 4 aromatic carbocycles. The average Bonchev–Trinajstić information content (AvgIpc) is 3.09. The first-order valence-corrected chi connectivity index (χ1v) is 13.6. The standard InChI is InChI=1S/C34H31N3O4/c1-21-26-11-6-7-12-27(26)32-28(35)13-8-14-29(32)37(33(21)40)34(41)22(2)36-31(39)20-19-30(38)25-17-15-24(16-18-25)23-9-4-3-5-10-23/h3-18,21-22H,19-20,35H2,1-2H3,(H,36,39)/t21?,22-/m0/s1. The van der Waals surface area contributed by atoms with Crippen LogP contribution < -0.4 is 16.0 Å². The van der Waals surface area contributed by atoms with Gasteiger partial charge in [-0.25, -0.2) is 4.90 Å². The molecule has 1 aliphatic heterocycles. The van der Waals surface area contributed by atoms with Gasteiger partial charge in [-0.05, 0) is 48.2 Å². The number of nitrogens with zero attached hydrogens (tertiary/aromatic N) is 1. The quantitative estimate of drug-likeness (QED) is 0.227. The summed E-state index contributed by atoms with van der Waals surface area (Å²) >= 11 is 0. The summed E-state index contributed by atoms with van der Waals surface area (Å²) in [6, 6.07) is 28.7. The largest absolute Gasteiger partial charge is 0.398 e. The molecular weight excluding hydrogens is 514 g/mol. The Bertz CT molecular complexity index is 1630. The number of imide groups is 1. The van der Waals surface area contributed by atoms with Gasteiger partial charge in [0.05, 0.1) is 11.6 Å². The van der Waals surface area contributed by atoms with Crippen LogP contribution in [0.25, 0.3) is 22.3 Å². The van der Waals surface area contributed by atoms with Crippen molar-refractivity contribution in [3.05, 3.63) is 108 Å². The summed E-state index contributed by atoms with van der Waals surface area (Å²) in [5.74, 6) is -2.19. The molecule has 7 heteroatoms. The Morgan fingerprint density at radius 2 is 1.49 bits per heavy atom. The number of amides is 3. The maximum absolute atomic E-state index is 13.7. The van der Waals surface area contributed by atoms with Crippen molar-refractivity contribution in [2.75, 3.05) is 10.6 Å². The number of carbonyl (C=O) groups excluding carboxylic acids is 4. The van der Waals surface area contributed by atoms with Gasteiger partial charge < -0.3 is 11.1 Å². The molecule has 0 aliphatic carbocycles. The summed E-state index contributed by atoms with van der Waals surface area (Å²) < 4.78 is 0. The first-order chi connectivity index (χ1) is 19.8.